The zero-order valence-electron chi connectivity index (χ0n) is 11.7. The second-order valence-corrected chi connectivity index (χ2v) is 5.07. The summed E-state index contributed by atoms with van der Waals surface area (Å²) in [7, 11) is 1.62. The van der Waals surface area contributed by atoms with Crippen molar-refractivity contribution in [3.05, 3.63) is 70.5 Å². The van der Waals surface area contributed by atoms with Gasteiger partial charge in [-0.05, 0) is 60.4 Å². The van der Waals surface area contributed by atoms with Crippen molar-refractivity contribution in [1.29, 1.82) is 0 Å². The number of rotatable bonds is 2. The van der Waals surface area contributed by atoms with Gasteiger partial charge in [0.05, 0.1) is 7.11 Å². The van der Waals surface area contributed by atoms with Crippen LogP contribution in [0.15, 0.2) is 48.0 Å². The fourth-order valence-corrected chi connectivity index (χ4v) is 2.58. The molecule has 0 atom stereocenters. The van der Waals surface area contributed by atoms with E-state index in [4.69, 9.17) is 4.74 Å². The number of aryl methyl sites for hydroxylation is 1. The molecule has 0 N–H and O–H groups in total. The predicted octanol–water partition coefficient (Wildman–Crippen LogP) is 4.05. The van der Waals surface area contributed by atoms with Crippen LogP contribution in [-0.2, 0) is 6.42 Å². The maximum Gasteiger partial charge on any atom is 0.189 e. The maximum atomic E-state index is 12.9. The Morgan fingerprint density at radius 3 is 2.57 bits per heavy atom. The normalized spacial score (nSPS) is 15.9. The number of benzene rings is 2. The number of allylic oxidation sites excluding steroid dienone is 1. The summed E-state index contributed by atoms with van der Waals surface area (Å²) in [5, 5.41) is 0. The third-order valence-corrected chi connectivity index (χ3v) is 3.72. The number of ether oxygens (including phenoxy) is 1. The molecule has 106 valence electrons. The number of carbonyl (C=O) groups is 1. The number of hydrogen-bond donors (Lipinski definition) is 0. The summed E-state index contributed by atoms with van der Waals surface area (Å²) in [5.41, 5.74) is 3.36. The highest BCUT2D eigenvalue weighted by molar-refractivity contribution is 6.13. The van der Waals surface area contributed by atoms with E-state index in [1.54, 1.807) is 25.3 Å². The Morgan fingerprint density at radius 2 is 1.86 bits per heavy atom. The smallest absolute Gasteiger partial charge is 0.189 e. The van der Waals surface area contributed by atoms with Crippen molar-refractivity contribution in [2.24, 2.45) is 0 Å². The fourth-order valence-electron chi connectivity index (χ4n) is 2.58. The SMILES string of the molecule is COc1ccc2c(c1)CC/C(=C/c1ccc(F)cc1)C2=O. The Labute approximate surface area is 122 Å². The highest BCUT2D eigenvalue weighted by Crippen LogP contribution is 2.29. The second-order valence-electron chi connectivity index (χ2n) is 5.07. The molecular weight excluding hydrogens is 267 g/mol. The lowest BCUT2D eigenvalue weighted by Gasteiger charge is -2.18. The van der Waals surface area contributed by atoms with Crippen LogP contribution in [0.3, 0.4) is 0 Å². The molecule has 3 heteroatoms. The minimum atomic E-state index is -0.274. The molecule has 0 saturated heterocycles. The van der Waals surface area contributed by atoms with Crippen LogP contribution in [0.2, 0.25) is 0 Å². The molecule has 0 fully saturated rings. The van der Waals surface area contributed by atoms with E-state index in [0.717, 1.165) is 34.4 Å². The average Bonchev–Trinajstić information content (AvgIpc) is 2.52. The first kappa shape index (κ1) is 13.6. The molecule has 0 radical (unpaired) electrons. The van der Waals surface area contributed by atoms with E-state index < -0.39 is 0 Å². The number of hydrogen-bond acceptors (Lipinski definition) is 2. The van der Waals surface area contributed by atoms with Gasteiger partial charge in [-0.25, -0.2) is 4.39 Å². The van der Waals surface area contributed by atoms with Gasteiger partial charge in [0.25, 0.3) is 0 Å². The summed E-state index contributed by atoms with van der Waals surface area (Å²) >= 11 is 0. The van der Waals surface area contributed by atoms with Crippen molar-refractivity contribution in [1.82, 2.24) is 0 Å². The summed E-state index contributed by atoms with van der Waals surface area (Å²) in [6, 6.07) is 11.7. The first-order valence-corrected chi connectivity index (χ1v) is 6.85. The van der Waals surface area contributed by atoms with Gasteiger partial charge in [0.2, 0.25) is 0 Å². The fraction of sp³-hybridized carbons (Fsp3) is 0.167. The van der Waals surface area contributed by atoms with Gasteiger partial charge in [0, 0.05) is 11.1 Å². The molecule has 0 aromatic heterocycles. The van der Waals surface area contributed by atoms with Crippen LogP contribution < -0.4 is 4.74 Å². The second kappa shape index (κ2) is 5.52. The minimum absolute atomic E-state index is 0.0447. The third-order valence-electron chi connectivity index (χ3n) is 3.72. The van der Waals surface area contributed by atoms with Crippen LogP contribution in [0.1, 0.15) is 27.9 Å². The molecule has 2 aromatic rings. The van der Waals surface area contributed by atoms with Crippen molar-refractivity contribution in [3.8, 4) is 5.75 Å². The van der Waals surface area contributed by atoms with Crippen LogP contribution >= 0.6 is 0 Å². The molecule has 3 rings (SSSR count). The standard InChI is InChI=1S/C18H15FO2/c1-21-16-8-9-17-13(11-16)4-5-14(18(17)20)10-12-2-6-15(19)7-3-12/h2-3,6-11H,4-5H2,1H3/b14-10-. The van der Waals surface area contributed by atoms with Crippen LogP contribution in [0.5, 0.6) is 5.75 Å². The first-order valence-electron chi connectivity index (χ1n) is 6.85. The lowest BCUT2D eigenvalue weighted by Crippen LogP contribution is -2.14. The van der Waals surface area contributed by atoms with Crippen molar-refractivity contribution in [2.45, 2.75) is 12.8 Å². The van der Waals surface area contributed by atoms with Gasteiger partial charge in [0.15, 0.2) is 5.78 Å². The van der Waals surface area contributed by atoms with E-state index in [1.165, 1.54) is 12.1 Å². The first-order chi connectivity index (χ1) is 10.2. The number of ketones is 1. The Balaban J connectivity index is 1.93. The molecule has 2 aromatic carbocycles. The summed E-state index contributed by atoms with van der Waals surface area (Å²) in [6.07, 6.45) is 3.34. The Hall–Kier alpha value is -2.42. The van der Waals surface area contributed by atoms with Crippen molar-refractivity contribution in [3.63, 3.8) is 0 Å². The lowest BCUT2D eigenvalue weighted by atomic mass is 9.86. The third kappa shape index (κ3) is 2.72. The molecule has 0 aliphatic heterocycles. The highest BCUT2D eigenvalue weighted by Gasteiger charge is 2.22. The number of carbonyl (C=O) groups excluding carboxylic acids is 1. The van der Waals surface area contributed by atoms with E-state index in [0.29, 0.717) is 6.42 Å². The quantitative estimate of drug-likeness (QED) is 0.777. The van der Waals surface area contributed by atoms with E-state index >= 15 is 0 Å². The van der Waals surface area contributed by atoms with Crippen molar-refractivity contribution in [2.75, 3.05) is 7.11 Å². The van der Waals surface area contributed by atoms with Crippen molar-refractivity contribution >= 4 is 11.9 Å². The average molecular weight is 282 g/mol. The Morgan fingerprint density at radius 1 is 1.10 bits per heavy atom. The molecule has 0 saturated carbocycles. The van der Waals surface area contributed by atoms with E-state index in [-0.39, 0.29) is 11.6 Å². The summed E-state index contributed by atoms with van der Waals surface area (Å²) in [5.74, 6) is 0.542. The predicted molar refractivity (Wildman–Crippen MR) is 80.0 cm³/mol. The van der Waals surface area contributed by atoms with E-state index in [2.05, 4.69) is 0 Å². The van der Waals surface area contributed by atoms with Gasteiger partial charge in [-0.15, -0.1) is 0 Å². The molecule has 0 amide bonds. The largest absolute Gasteiger partial charge is 0.497 e. The molecule has 0 bridgehead atoms. The van der Waals surface area contributed by atoms with Gasteiger partial charge in [-0.2, -0.15) is 0 Å². The van der Waals surface area contributed by atoms with Gasteiger partial charge in [-0.1, -0.05) is 12.1 Å². The van der Waals surface area contributed by atoms with Gasteiger partial charge in [-0.3, -0.25) is 4.79 Å². The molecular formula is C18H15FO2. The van der Waals surface area contributed by atoms with Gasteiger partial charge < -0.3 is 4.74 Å². The van der Waals surface area contributed by atoms with Crippen LogP contribution in [0.4, 0.5) is 4.39 Å². The van der Waals surface area contributed by atoms with E-state index in [1.807, 2.05) is 18.2 Å². The summed E-state index contributed by atoms with van der Waals surface area (Å²) in [6.45, 7) is 0. The zero-order chi connectivity index (χ0) is 14.8. The molecule has 1 aliphatic rings. The lowest BCUT2D eigenvalue weighted by molar-refractivity contribution is 0.102. The number of Topliss-reactive ketones (excluding diaryl/α,β-unsaturated/α-hetero) is 1. The summed E-state index contributed by atoms with van der Waals surface area (Å²) in [4.78, 5) is 12.5. The number of methoxy groups -OCH3 is 1. The van der Waals surface area contributed by atoms with Gasteiger partial charge in [0.1, 0.15) is 11.6 Å². The molecule has 2 nitrogen and oxygen atoms in total. The van der Waals surface area contributed by atoms with Crippen LogP contribution in [-0.4, -0.2) is 12.9 Å². The monoisotopic (exact) mass is 282 g/mol. The van der Waals surface area contributed by atoms with Crippen LogP contribution in [0, 0.1) is 5.82 Å². The number of fused-ring (bicyclic) bond motifs is 1. The molecule has 1 aliphatic carbocycles. The molecule has 0 unspecified atom stereocenters. The highest BCUT2D eigenvalue weighted by atomic mass is 19.1. The zero-order valence-corrected chi connectivity index (χ0v) is 11.7. The van der Waals surface area contributed by atoms with Gasteiger partial charge >= 0.3 is 0 Å². The topological polar surface area (TPSA) is 26.3 Å². The number of halogens is 1. The van der Waals surface area contributed by atoms with Crippen LogP contribution in [0.25, 0.3) is 6.08 Å². The Kier molecular flexibility index (Phi) is 3.57. The molecule has 0 spiro atoms. The maximum absolute atomic E-state index is 12.9. The molecule has 21 heavy (non-hydrogen) atoms. The Bertz CT molecular complexity index is 714. The minimum Gasteiger partial charge on any atom is -0.497 e. The van der Waals surface area contributed by atoms with E-state index in [9.17, 15) is 9.18 Å². The van der Waals surface area contributed by atoms with Crippen molar-refractivity contribution < 1.29 is 13.9 Å². The summed E-state index contributed by atoms with van der Waals surface area (Å²) < 4.78 is 18.1. The molecule has 0 heterocycles.